The SMILES string of the molecule is COc1ccc(CN2C(=O)/C(=C/c3cc([N+](=O)[O-])ccc3[O-])SC2=S)cc1. The minimum Gasteiger partial charge on any atom is -0.872 e. The Hall–Kier alpha value is -2.91. The fourth-order valence-corrected chi connectivity index (χ4v) is 3.70. The summed E-state index contributed by atoms with van der Waals surface area (Å²) in [6.07, 6.45) is 1.35. The molecule has 0 unspecified atom stereocenters. The van der Waals surface area contributed by atoms with Gasteiger partial charge in [-0.3, -0.25) is 19.8 Å². The molecule has 2 aromatic carbocycles. The first-order valence-corrected chi connectivity index (χ1v) is 8.95. The topological polar surface area (TPSA) is 95.7 Å². The third-order valence-electron chi connectivity index (χ3n) is 3.86. The number of thioether (sulfide) groups is 1. The normalized spacial score (nSPS) is 15.4. The number of non-ortho nitro benzene ring substituents is 1. The van der Waals surface area contributed by atoms with Crippen LogP contribution in [-0.2, 0) is 11.3 Å². The lowest BCUT2D eigenvalue weighted by molar-refractivity contribution is -0.385. The van der Waals surface area contributed by atoms with Gasteiger partial charge in [0.15, 0.2) is 0 Å². The zero-order valence-corrected chi connectivity index (χ0v) is 15.7. The zero-order valence-electron chi connectivity index (χ0n) is 14.1. The van der Waals surface area contributed by atoms with Crippen molar-refractivity contribution in [3.05, 3.63) is 68.6 Å². The molecular weight excluding hydrogens is 388 g/mol. The molecule has 3 rings (SSSR count). The number of hydrogen-bond donors (Lipinski definition) is 0. The summed E-state index contributed by atoms with van der Waals surface area (Å²) in [7, 11) is 1.57. The summed E-state index contributed by atoms with van der Waals surface area (Å²) >= 11 is 6.34. The van der Waals surface area contributed by atoms with E-state index in [1.807, 2.05) is 12.1 Å². The van der Waals surface area contributed by atoms with E-state index < -0.39 is 10.7 Å². The first kappa shape index (κ1) is 18.9. The van der Waals surface area contributed by atoms with Gasteiger partial charge in [-0.2, -0.15) is 0 Å². The van der Waals surface area contributed by atoms with Gasteiger partial charge in [0.1, 0.15) is 10.1 Å². The van der Waals surface area contributed by atoms with E-state index in [1.165, 1.54) is 11.0 Å². The summed E-state index contributed by atoms with van der Waals surface area (Å²) < 4.78 is 5.47. The minimum atomic E-state index is -0.592. The van der Waals surface area contributed by atoms with Gasteiger partial charge >= 0.3 is 0 Å². The van der Waals surface area contributed by atoms with E-state index in [-0.39, 0.29) is 28.6 Å². The fraction of sp³-hybridized carbons (Fsp3) is 0.111. The van der Waals surface area contributed by atoms with Crippen LogP contribution >= 0.6 is 24.0 Å². The van der Waals surface area contributed by atoms with Gasteiger partial charge in [-0.25, -0.2) is 0 Å². The molecule has 1 heterocycles. The minimum absolute atomic E-state index is 0.0779. The molecule has 2 aromatic rings. The van der Waals surface area contributed by atoms with Crippen LogP contribution in [-0.4, -0.2) is 27.2 Å². The second-order valence-corrected chi connectivity index (χ2v) is 7.27. The smallest absolute Gasteiger partial charge is 0.269 e. The number of carbonyl (C=O) groups excluding carboxylic acids is 1. The highest BCUT2D eigenvalue weighted by Gasteiger charge is 2.32. The third-order valence-corrected chi connectivity index (χ3v) is 5.24. The van der Waals surface area contributed by atoms with Crippen LogP contribution in [0.1, 0.15) is 11.1 Å². The maximum Gasteiger partial charge on any atom is 0.269 e. The molecule has 0 aromatic heterocycles. The molecule has 1 aliphatic rings. The van der Waals surface area contributed by atoms with Gasteiger partial charge in [-0.15, -0.1) is 5.75 Å². The highest BCUT2D eigenvalue weighted by atomic mass is 32.2. The number of amides is 1. The molecule has 1 amide bonds. The lowest BCUT2D eigenvalue weighted by Crippen LogP contribution is -2.27. The van der Waals surface area contributed by atoms with Gasteiger partial charge in [0.2, 0.25) is 0 Å². The number of ether oxygens (including phenoxy) is 1. The van der Waals surface area contributed by atoms with Gasteiger partial charge in [-0.05, 0) is 29.3 Å². The molecule has 9 heteroatoms. The predicted octanol–water partition coefficient (Wildman–Crippen LogP) is 3.08. The molecular formula is C18H13N2O5S2-. The Morgan fingerprint density at radius 1 is 1.26 bits per heavy atom. The van der Waals surface area contributed by atoms with E-state index in [1.54, 1.807) is 19.2 Å². The van der Waals surface area contributed by atoms with Crippen molar-refractivity contribution in [1.82, 2.24) is 4.90 Å². The number of nitro benzene ring substituents is 1. The number of benzene rings is 2. The maximum atomic E-state index is 12.7. The lowest BCUT2D eigenvalue weighted by atomic mass is 10.1. The second kappa shape index (κ2) is 7.77. The van der Waals surface area contributed by atoms with E-state index in [9.17, 15) is 20.0 Å². The van der Waals surface area contributed by atoms with Crippen molar-refractivity contribution < 1.29 is 19.6 Å². The Morgan fingerprint density at radius 2 is 1.96 bits per heavy atom. The molecule has 0 radical (unpaired) electrons. The molecule has 0 N–H and O–H groups in total. The number of carbonyl (C=O) groups is 1. The van der Waals surface area contributed by atoms with Crippen LogP contribution in [0.4, 0.5) is 5.69 Å². The molecule has 1 fully saturated rings. The van der Waals surface area contributed by atoms with Crippen LogP contribution in [0, 0.1) is 10.1 Å². The van der Waals surface area contributed by atoms with Crippen LogP contribution in [0.15, 0.2) is 47.4 Å². The number of methoxy groups -OCH3 is 1. The van der Waals surface area contributed by atoms with Crippen LogP contribution in [0.25, 0.3) is 6.08 Å². The average Bonchev–Trinajstić information content (AvgIpc) is 2.91. The largest absolute Gasteiger partial charge is 0.872 e. The van der Waals surface area contributed by atoms with E-state index >= 15 is 0 Å². The van der Waals surface area contributed by atoms with Crippen molar-refractivity contribution in [2.45, 2.75) is 6.54 Å². The summed E-state index contributed by atoms with van der Waals surface area (Å²) in [6, 6.07) is 10.6. The first-order valence-electron chi connectivity index (χ1n) is 7.73. The summed E-state index contributed by atoms with van der Waals surface area (Å²) in [5.41, 5.74) is 0.733. The Labute approximate surface area is 164 Å². The lowest BCUT2D eigenvalue weighted by Gasteiger charge is -2.15. The molecule has 0 saturated carbocycles. The predicted molar refractivity (Wildman–Crippen MR) is 104 cm³/mol. The van der Waals surface area contributed by atoms with Crippen LogP contribution < -0.4 is 9.84 Å². The van der Waals surface area contributed by atoms with Gasteiger partial charge in [0.05, 0.1) is 23.5 Å². The van der Waals surface area contributed by atoms with E-state index in [2.05, 4.69) is 0 Å². The summed E-state index contributed by atoms with van der Waals surface area (Å²) in [5.74, 6) is -0.0366. The maximum absolute atomic E-state index is 12.7. The van der Waals surface area contributed by atoms with E-state index in [4.69, 9.17) is 17.0 Å². The fourth-order valence-electron chi connectivity index (χ4n) is 2.45. The molecule has 27 heavy (non-hydrogen) atoms. The van der Waals surface area contributed by atoms with Crippen molar-refractivity contribution in [3.8, 4) is 11.5 Å². The molecule has 0 atom stereocenters. The average molecular weight is 401 g/mol. The number of hydrogen-bond acceptors (Lipinski definition) is 7. The number of nitro groups is 1. The monoisotopic (exact) mass is 401 g/mol. The van der Waals surface area contributed by atoms with Crippen molar-refractivity contribution >= 4 is 46.0 Å². The van der Waals surface area contributed by atoms with Crippen LogP contribution in [0.5, 0.6) is 11.5 Å². The summed E-state index contributed by atoms with van der Waals surface area (Å²) in [4.78, 5) is 24.6. The van der Waals surface area contributed by atoms with Gasteiger partial charge in [0.25, 0.3) is 11.6 Å². The standard InChI is InChI=1S/C18H14N2O5S2/c1-25-14-5-2-11(3-6-14)10-19-17(22)16(27-18(19)26)9-12-8-13(20(23)24)4-7-15(12)21/h2-9,21H,10H2,1H3/p-1/b16-9-. The molecule has 0 aliphatic carbocycles. The zero-order chi connectivity index (χ0) is 19.6. The van der Waals surface area contributed by atoms with Gasteiger partial charge in [-0.1, -0.05) is 42.2 Å². The Bertz CT molecular complexity index is 957. The molecule has 0 spiro atoms. The molecule has 138 valence electrons. The Kier molecular flexibility index (Phi) is 5.43. The van der Waals surface area contributed by atoms with E-state index in [0.29, 0.717) is 10.1 Å². The van der Waals surface area contributed by atoms with E-state index in [0.717, 1.165) is 35.5 Å². The molecule has 1 saturated heterocycles. The summed E-state index contributed by atoms with van der Waals surface area (Å²) in [6.45, 7) is 0.283. The Morgan fingerprint density at radius 3 is 2.59 bits per heavy atom. The van der Waals surface area contributed by atoms with Crippen molar-refractivity contribution in [3.63, 3.8) is 0 Å². The quantitative estimate of drug-likeness (QED) is 0.329. The van der Waals surface area contributed by atoms with Gasteiger partial charge in [0, 0.05) is 12.1 Å². The van der Waals surface area contributed by atoms with Crippen LogP contribution in [0.2, 0.25) is 0 Å². The first-order chi connectivity index (χ1) is 12.9. The molecule has 1 aliphatic heterocycles. The second-order valence-electron chi connectivity index (χ2n) is 5.60. The number of thiocarbonyl (C=S) groups is 1. The van der Waals surface area contributed by atoms with Crippen molar-refractivity contribution in [2.24, 2.45) is 0 Å². The molecule has 7 nitrogen and oxygen atoms in total. The van der Waals surface area contributed by atoms with Crippen molar-refractivity contribution in [1.29, 1.82) is 0 Å². The number of nitrogens with zero attached hydrogens (tertiary/aromatic N) is 2. The Balaban J connectivity index is 1.84. The highest BCUT2D eigenvalue weighted by molar-refractivity contribution is 8.26. The third kappa shape index (κ3) is 4.09. The number of rotatable bonds is 5. The van der Waals surface area contributed by atoms with Gasteiger partial charge < -0.3 is 9.84 Å². The van der Waals surface area contributed by atoms with Crippen molar-refractivity contribution in [2.75, 3.05) is 7.11 Å². The summed E-state index contributed by atoms with van der Waals surface area (Å²) in [5, 5.41) is 22.8. The van der Waals surface area contributed by atoms with Crippen LogP contribution in [0.3, 0.4) is 0 Å². The highest BCUT2D eigenvalue weighted by Crippen LogP contribution is 2.35. The molecule has 0 bridgehead atoms.